The molecule has 4 nitrogen and oxygen atoms in total. The third-order valence-corrected chi connectivity index (χ3v) is 30.1. The summed E-state index contributed by atoms with van der Waals surface area (Å²) in [4.78, 5) is 0. The lowest BCUT2D eigenvalue weighted by Gasteiger charge is -2.14. The smallest absolute Gasteiger partial charge is 0.159 e. The Labute approximate surface area is 792 Å². The van der Waals surface area contributed by atoms with Crippen molar-refractivity contribution in [1.29, 1.82) is 0 Å². The van der Waals surface area contributed by atoms with Crippen LogP contribution in [0.4, 0.5) is 0 Å². The zero-order valence-electron chi connectivity index (χ0n) is 74.4. The normalized spacial score (nSPS) is 11.9. The number of fused-ring (bicyclic) bond motifs is 33. The molecule has 0 spiro atoms. The van der Waals surface area contributed by atoms with Gasteiger partial charge in [0.25, 0.3) is 0 Å². The molecule has 0 saturated carbocycles. The molecule has 0 fully saturated rings. The second-order valence-electron chi connectivity index (χ2n) is 36.3. The van der Waals surface area contributed by atoms with Gasteiger partial charge in [-0.05, 0) is 268 Å². The van der Waals surface area contributed by atoms with Gasteiger partial charge in [0.2, 0.25) is 0 Å². The van der Waals surface area contributed by atoms with Crippen LogP contribution in [-0.4, -0.2) is 13.7 Å². The van der Waals surface area contributed by atoms with E-state index in [1.807, 2.05) is 23.5 Å². The highest BCUT2D eigenvalue weighted by Crippen LogP contribution is 2.49. The van der Waals surface area contributed by atoms with Crippen LogP contribution in [0, 0.1) is 0 Å². The predicted octanol–water partition coefficient (Wildman–Crippen LogP) is 37.3. The van der Waals surface area contributed by atoms with Gasteiger partial charge >= 0.3 is 0 Å². The Morgan fingerprint density at radius 3 is 0.832 bits per heavy atom. The van der Waals surface area contributed by atoms with E-state index in [-0.39, 0.29) is 0 Å². The quantitative estimate of drug-likeness (QED) is 0.139. The van der Waals surface area contributed by atoms with Crippen molar-refractivity contribution in [3.63, 3.8) is 0 Å². The summed E-state index contributed by atoms with van der Waals surface area (Å²) in [6, 6.07) is 180. The molecule has 30 rings (SSSR count). The molecule has 0 atom stereocenters. The first-order valence-electron chi connectivity index (χ1n) is 47.1. The van der Waals surface area contributed by atoms with Crippen LogP contribution < -0.4 is 0 Å². The first-order valence-corrected chi connectivity index (χ1v) is 48.0. The standard InChI is InChI=1S/C48H31N.C42H25NO.C42H25NS/c1-3-13-32(14-4-1)36-27-37(33-15-5-2-6-16-33)29-38(28-36)49-47-22-12-11-21-44(47)46-31-35(24-26-48(46)49)34-23-25-43-41-19-8-7-17-39(41)40-18-9-10-20-42(40)45(43)30-34;2*1-2-12-30-28(10-1)29-11-3-4-13-31(29)36-24-26(20-22-32(30)36)27-21-23-39-37(25-27)33-14-5-7-17-38(33)43(39)40-18-9-16-35-34-15-6-8-19-41(34)44-42(35)40/h1-31H;2*1-25H. The van der Waals surface area contributed by atoms with Gasteiger partial charge in [-0.2, -0.15) is 0 Å². The van der Waals surface area contributed by atoms with Gasteiger partial charge in [-0.15, -0.1) is 11.3 Å². The van der Waals surface area contributed by atoms with Crippen molar-refractivity contribution in [2.75, 3.05) is 0 Å². The molecule has 30 aromatic rings. The number of thiophene rings is 1. The largest absolute Gasteiger partial charge is 0.454 e. The summed E-state index contributed by atoms with van der Waals surface area (Å²) in [7, 11) is 0. The highest BCUT2D eigenvalue weighted by Gasteiger charge is 2.24. The fraction of sp³-hybridized carbons (Fsp3) is 0. The van der Waals surface area contributed by atoms with E-state index in [1.54, 1.807) is 0 Å². The van der Waals surface area contributed by atoms with Gasteiger partial charge < -0.3 is 18.1 Å². The molecule has 137 heavy (non-hydrogen) atoms. The SMILES string of the molecule is c1ccc(-c2cc(-c3ccccc3)cc(-n3c4ccccc4c4cc(-c5ccc6c7ccccc7c7ccccc7c6c5)ccc43)c2)cc1.c1ccc2c(c1)oc1c(-n3c4ccccc4c4cc(-c5ccc6c7ccccc7c7ccccc7c6c5)ccc43)cccc12.c1ccc2c(c1)sc1c(-n3c4ccccc4c4cc(-c5ccc6c7ccccc7c7ccccc7c6c5)ccc43)cccc12. The Bertz CT molecular complexity index is 9720. The maximum absolute atomic E-state index is 6.48. The number of para-hydroxylation sites is 5. The molecule has 0 amide bonds. The molecule has 0 radical (unpaired) electrons. The molecule has 0 unspecified atom stereocenters. The molecule has 0 aliphatic heterocycles. The third-order valence-electron chi connectivity index (χ3n) is 28.9. The molecular formula is C132H81N3OS. The first kappa shape index (κ1) is 78.0. The van der Waals surface area contributed by atoms with Crippen molar-refractivity contribution < 1.29 is 4.42 Å². The zero-order chi connectivity index (χ0) is 89.9. The number of furan rings is 1. The highest BCUT2D eigenvalue weighted by molar-refractivity contribution is 7.26. The average molecular weight is 1760 g/mol. The lowest BCUT2D eigenvalue weighted by Crippen LogP contribution is -1.96. The van der Waals surface area contributed by atoms with Crippen LogP contribution >= 0.6 is 11.3 Å². The summed E-state index contributed by atoms with van der Waals surface area (Å²) >= 11 is 1.89. The summed E-state index contributed by atoms with van der Waals surface area (Å²) in [6.45, 7) is 0. The Balaban J connectivity index is 0.000000102. The van der Waals surface area contributed by atoms with Gasteiger partial charge in [-0.25, -0.2) is 0 Å². The van der Waals surface area contributed by atoms with Crippen molar-refractivity contribution >= 4 is 216 Å². The summed E-state index contributed by atoms with van der Waals surface area (Å²) in [5, 5.41) is 35.8. The molecule has 0 bridgehead atoms. The van der Waals surface area contributed by atoms with Crippen molar-refractivity contribution in [1.82, 2.24) is 13.7 Å². The maximum atomic E-state index is 6.48. The van der Waals surface area contributed by atoms with Crippen molar-refractivity contribution in [3.8, 4) is 72.7 Å². The van der Waals surface area contributed by atoms with Crippen LogP contribution in [-0.2, 0) is 0 Å². The first-order chi connectivity index (χ1) is 68.0. The fourth-order valence-electron chi connectivity index (χ4n) is 22.7. The Morgan fingerprint density at radius 2 is 0.423 bits per heavy atom. The zero-order valence-corrected chi connectivity index (χ0v) is 75.2. The van der Waals surface area contributed by atoms with Gasteiger partial charge in [0.05, 0.1) is 49.2 Å². The highest BCUT2D eigenvalue weighted by atomic mass is 32.1. The summed E-state index contributed by atoms with van der Waals surface area (Å²) in [6.07, 6.45) is 0. The average Bonchev–Trinajstić information content (AvgIpc) is 1.59. The minimum Gasteiger partial charge on any atom is -0.454 e. The third kappa shape index (κ3) is 12.5. The van der Waals surface area contributed by atoms with E-state index in [2.05, 4.69) is 493 Å². The maximum Gasteiger partial charge on any atom is 0.159 e. The van der Waals surface area contributed by atoms with Crippen molar-refractivity contribution in [3.05, 3.63) is 491 Å². The van der Waals surface area contributed by atoms with Crippen LogP contribution in [0.2, 0.25) is 0 Å². The minimum absolute atomic E-state index is 0.911. The van der Waals surface area contributed by atoms with Gasteiger partial charge in [0.1, 0.15) is 5.58 Å². The number of aromatic nitrogens is 3. The molecule has 636 valence electrons. The molecule has 0 aliphatic rings. The topological polar surface area (TPSA) is 27.9 Å². The number of hydrogen-bond donors (Lipinski definition) is 0. The van der Waals surface area contributed by atoms with Crippen LogP contribution in [0.3, 0.4) is 0 Å². The van der Waals surface area contributed by atoms with E-state index in [0.717, 1.165) is 33.3 Å². The molecule has 25 aromatic carbocycles. The molecule has 5 heteroatoms. The molecule has 0 N–H and O–H groups in total. The Hall–Kier alpha value is -17.7. The lowest BCUT2D eigenvalue weighted by atomic mass is 9.92. The van der Waals surface area contributed by atoms with E-state index >= 15 is 0 Å². The van der Waals surface area contributed by atoms with Crippen LogP contribution in [0.25, 0.3) is 277 Å². The van der Waals surface area contributed by atoms with E-state index in [4.69, 9.17) is 4.42 Å². The number of rotatable bonds is 8. The Kier molecular flexibility index (Phi) is 17.9. The molecule has 5 aromatic heterocycles. The van der Waals surface area contributed by atoms with Crippen LogP contribution in [0.1, 0.15) is 0 Å². The fourth-order valence-corrected chi connectivity index (χ4v) is 23.9. The summed E-state index contributed by atoms with van der Waals surface area (Å²) in [5.41, 5.74) is 24.7. The van der Waals surface area contributed by atoms with Gasteiger partial charge in [-0.1, -0.05) is 376 Å². The lowest BCUT2D eigenvalue weighted by molar-refractivity contribution is 0.666. The second-order valence-corrected chi connectivity index (χ2v) is 37.4. The summed E-state index contributed by atoms with van der Waals surface area (Å²) in [5.74, 6) is 0. The monoisotopic (exact) mass is 1760 g/mol. The molecular weight excluding hydrogens is 1680 g/mol. The van der Waals surface area contributed by atoms with Crippen LogP contribution in [0.5, 0.6) is 0 Å². The number of benzene rings is 25. The van der Waals surface area contributed by atoms with E-state index in [1.165, 1.54) is 244 Å². The molecule has 0 saturated heterocycles. The van der Waals surface area contributed by atoms with E-state index in [0.29, 0.717) is 0 Å². The second kappa shape index (κ2) is 31.5. The number of hydrogen-bond acceptors (Lipinski definition) is 2. The van der Waals surface area contributed by atoms with Gasteiger partial charge in [0, 0.05) is 64.2 Å². The minimum atomic E-state index is 0.911. The predicted molar refractivity (Wildman–Crippen MR) is 587 cm³/mol. The van der Waals surface area contributed by atoms with Crippen molar-refractivity contribution in [2.45, 2.75) is 0 Å². The van der Waals surface area contributed by atoms with Crippen molar-refractivity contribution in [2.24, 2.45) is 0 Å². The van der Waals surface area contributed by atoms with Crippen LogP contribution in [0.15, 0.2) is 496 Å². The molecule has 0 aliphatic carbocycles. The van der Waals surface area contributed by atoms with E-state index < -0.39 is 0 Å². The van der Waals surface area contributed by atoms with E-state index in [9.17, 15) is 0 Å². The molecule has 5 heterocycles. The van der Waals surface area contributed by atoms with Gasteiger partial charge in [-0.3, -0.25) is 0 Å². The summed E-state index contributed by atoms with van der Waals surface area (Å²) < 4.78 is 16.4. The van der Waals surface area contributed by atoms with Gasteiger partial charge in [0.15, 0.2) is 5.58 Å². The number of nitrogens with zero attached hydrogens (tertiary/aromatic N) is 3. The Morgan fingerprint density at radius 1 is 0.146 bits per heavy atom.